The van der Waals surface area contributed by atoms with Crippen molar-refractivity contribution >= 4 is 22.6 Å². The highest BCUT2D eigenvalue weighted by Gasteiger charge is 2.07. The minimum Gasteiger partial charge on any atom is -0.411 e. The van der Waals surface area contributed by atoms with Gasteiger partial charge in [-0.2, -0.15) is 0 Å². The first-order valence-corrected chi connectivity index (χ1v) is 3.47. The Kier molecular flexibility index (Phi) is 2.17. The van der Waals surface area contributed by atoms with Gasteiger partial charge in [0.1, 0.15) is 0 Å². The quantitative estimate of drug-likeness (QED) is 0.317. The maximum atomic E-state index is 10.1. The Hall–Kier alpha value is -1.43. The van der Waals surface area contributed by atoms with Crippen LogP contribution in [0.15, 0.2) is 17.3 Å². The zero-order valence-electron chi connectivity index (χ0n) is 5.30. The molecule has 0 fully saturated rings. The van der Waals surface area contributed by atoms with Crippen LogP contribution >= 0.6 is 11.3 Å². The minimum absolute atomic E-state index is 0.0416. The lowest BCUT2D eigenvalue weighted by Crippen LogP contribution is -1.80. The van der Waals surface area contributed by atoms with E-state index in [4.69, 9.17) is 5.21 Å². The molecule has 0 unspecified atom stereocenters. The zero-order chi connectivity index (χ0) is 8.27. The van der Waals surface area contributed by atoms with Crippen molar-refractivity contribution in [3.05, 3.63) is 27.1 Å². The molecule has 0 aromatic carbocycles. The van der Waals surface area contributed by atoms with Crippen molar-refractivity contribution in [3.8, 4) is 0 Å². The molecule has 1 aromatic rings. The molecular weight excluding hydrogens is 168 g/mol. The number of hydrogen-bond acceptors (Lipinski definition) is 5. The molecule has 1 aromatic heterocycles. The highest BCUT2D eigenvalue weighted by molar-refractivity contribution is 7.16. The Morgan fingerprint density at radius 1 is 1.73 bits per heavy atom. The summed E-state index contributed by atoms with van der Waals surface area (Å²) in [6.45, 7) is 0. The van der Waals surface area contributed by atoms with Crippen LogP contribution in [-0.2, 0) is 0 Å². The molecule has 0 radical (unpaired) electrons. The van der Waals surface area contributed by atoms with Gasteiger partial charge in [-0.05, 0) is 6.07 Å². The highest BCUT2D eigenvalue weighted by atomic mass is 32.1. The fourth-order valence-corrected chi connectivity index (χ4v) is 1.25. The van der Waals surface area contributed by atoms with Crippen molar-refractivity contribution in [1.82, 2.24) is 0 Å². The number of oxime groups is 1. The third kappa shape index (κ3) is 1.74. The highest BCUT2D eigenvalue weighted by Crippen LogP contribution is 2.22. The summed E-state index contributed by atoms with van der Waals surface area (Å²) >= 11 is 0.957. The normalized spacial score (nSPS) is 10.5. The van der Waals surface area contributed by atoms with Crippen LogP contribution in [0, 0.1) is 10.1 Å². The third-order valence-electron chi connectivity index (χ3n) is 0.978. The van der Waals surface area contributed by atoms with E-state index in [1.807, 2.05) is 0 Å². The summed E-state index contributed by atoms with van der Waals surface area (Å²) in [4.78, 5) is 10.2. The molecule has 0 amide bonds. The lowest BCUT2D eigenvalue weighted by molar-refractivity contribution is -0.380. The smallest absolute Gasteiger partial charge is 0.324 e. The van der Waals surface area contributed by atoms with Gasteiger partial charge in [-0.15, -0.1) is 0 Å². The standard InChI is InChI=1S/C5H4N2O3S/c8-6-3-4-1-2-5(11-4)7(9)10/h1-3,8H. The van der Waals surface area contributed by atoms with E-state index in [-0.39, 0.29) is 5.00 Å². The fourth-order valence-electron chi connectivity index (χ4n) is 0.567. The first-order chi connectivity index (χ1) is 5.24. The SMILES string of the molecule is O=[N+]([O-])c1ccc(C=NO)s1. The maximum Gasteiger partial charge on any atom is 0.324 e. The van der Waals surface area contributed by atoms with E-state index in [0.717, 1.165) is 17.6 Å². The van der Waals surface area contributed by atoms with E-state index in [1.54, 1.807) is 0 Å². The molecule has 1 N–H and O–H groups in total. The number of thiophene rings is 1. The van der Waals surface area contributed by atoms with Crippen molar-refractivity contribution < 1.29 is 10.1 Å². The van der Waals surface area contributed by atoms with Gasteiger partial charge in [-0.3, -0.25) is 10.1 Å². The zero-order valence-corrected chi connectivity index (χ0v) is 6.11. The summed E-state index contributed by atoms with van der Waals surface area (Å²) in [7, 11) is 0. The second-order valence-corrected chi connectivity index (χ2v) is 2.77. The number of rotatable bonds is 2. The summed E-state index contributed by atoms with van der Waals surface area (Å²) in [5, 5.41) is 21.0. The molecule has 1 rings (SSSR count). The van der Waals surface area contributed by atoms with E-state index in [0.29, 0.717) is 4.88 Å². The van der Waals surface area contributed by atoms with E-state index in [2.05, 4.69) is 5.16 Å². The molecule has 0 saturated heterocycles. The van der Waals surface area contributed by atoms with Crippen molar-refractivity contribution in [2.24, 2.45) is 5.16 Å². The summed E-state index contributed by atoms with van der Waals surface area (Å²) in [6.07, 6.45) is 1.15. The summed E-state index contributed by atoms with van der Waals surface area (Å²) in [5.41, 5.74) is 0. The Morgan fingerprint density at radius 3 is 2.91 bits per heavy atom. The molecular formula is C5H4N2O3S. The second-order valence-electron chi connectivity index (χ2n) is 1.68. The lowest BCUT2D eigenvalue weighted by atomic mass is 10.5. The van der Waals surface area contributed by atoms with E-state index in [9.17, 15) is 10.1 Å². The monoisotopic (exact) mass is 172 g/mol. The molecule has 6 heteroatoms. The van der Waals surface area contributed by atoms with Crippen molar-refractivity contribution in [2.45, 2.75) is 0 Å². The molecule has 0 bridgehead atoms. The lowest BCUT2D eigenvalue weighted by Gasteiger charge is -1.79. The molecule has 0 aliphatic carbocycles. The maximum absolute atomic E-state index is 10.1. The van der Waals surface area contributed by atoms with Crippen LogP contribution in [0.25, 0.3) is 0 Å². The van der Waals surface area contributed by atoms with Gasteiger partial charge in [0, 0.05) is 6.07 Å². The van der Waals surface area contributed by atoms with E-state index in [1.165, 1.54) is 12.1 Å². The average Bonchev–Trinajstić information content (AvgIpc) is 2.37. The largest absolute Gasteiger partial charge is 0.411 e. The van der Waals surface area contributed by atoms with Gasteiger partial charge in [0.25, 0.3) is 0 Å². The first kappa shape index (κ1) is 7.67. The fraction of sp³-hybridized carbons (Fsp3) is 0. The predicted octanol–water partition coefficient (Wildman–Crippen LogP) is 1.46. The molecule has 1 heterocycles. The molecule has 0 spiro atoms. The number of nitrogens with zero attached hydrogens (tertiary/aromatic N) is 2. The van der Waals surface area contributed by atoms with Gasteiger partial charge in [0.15, 0.2) is 0 Å². The van der Waals surface area contributed by atoms with Crippen LogP contribution < -0.4 is 0 Å². The number of nitro groups is 1. The predicted molar refractivity (Wildman–Crippen MR) is 40.4 cm³/mol. The van der Waals surface area contributed by atoms with Crippen LogP contribution in [0.3, 0.4) is 0 Å². The Labute approximate surface area is 65.7 Å². The van der Waals surface area contributed by atoms with Crippen LogP contribution in [0.5, 0.6) is 0 Å². The summed E-state index contributed by atoms with van der Waals surface area (Å²) < 4.78 is 0. The number of hydrogen-bond donors (Lipinski definition) is 1. The summed E-state index contributed by atoms with van der Waals surface area (Å²) in [5.74, 6) is 0. The van der Waals surface area contributed by atoms with E-state index < -0.39 is 4.92 Å². The van der Waals surface area contributed by atoms with Crippen molar-refractivity contribution in [1.29, 1.82) is 0 Å². The van der Waals surface area contributed by atoms with Gasteiger partial charge >= 0.3 is 5.00 Å². The third-order valence-corrected chi connectivity index (χ3v) is 1.95. The molecule has 58 valence electrons. The van der Waals surface area contributed by atoms with Gasteiger partial charge < -0.3 is 5.21 Å². The van der Waals surface area contributed by atoms with E-state index >= 15 is 0 Å². The average molecular weight is 172 g/mol. The molecule has 11 heavy (non-hydrogen) atoms. The van der Waals surface area contributed by atoms with Crippen LogP contribution in [0.4, 0.5) is 5.00 Å². The van der Waals surface area contributed by atoms with Crippen molar-refractivity contribution in [2.75, 3.05) is 0 Å². The minimum atomic E-state index is -0.487. The van der Waals surface area contributed by atoms with Crippen LogP contribution in [-0.4, -0.2) is 16.3 Å². The second kappa shape index (κ2) is 3.11. The van der Waals surface area contributed by atoms with Gasteiger partial charge in [-0.1, -0.05) is 16.5 Å². The molecule has 5 nitrogen and oxygen atoms in total. The van der Waals surface area contributed by atoms with Crippen LogP contribution in [0.2, 0.25) is 0 Å². The topological polar surface area (TPSA) is 75.7 Å². The molecule has 0 saturated carbocycles. The summed E-state index contributed by atoms with van der Waals surface area (Å²) in [6, 6.07) is 2.88. The van der Waals surface area contributed by atoms with Crippen LogP contribution in [0.1, 0.15) is 4.88 Å². The molecule has 0 atom stereocenters. The van der Waals surface area contributed by atoms with Gasteiger partial charge in [0.2, 0.25) is 0 Å². The molecule has 0 aliphatic heterocycles. The Morgan fingerprint density at radius 2 is 2.45 bits per heavy atom. The van der Waals surface area contributed by atoms with Gasteiger partial charge in [-0.25, -0.2) is 0 Å². The Bertz CT molecular complexity index is 294. The Balaban J connectivity index is 2.90. The first-order valence-electron chi connectivity index (χ1n) is 2.65. The van der Waals surface area contributed by atoms with Gasteiger partial charge in [0.05, 0.1) is 16.0 Å². The molecule has 0 aliphatic rings. The van der Waals surface area contributed by atoms with Crippen molar-refractivity contribution in [3.63, 3.8) is 0 Å².